The second-order valence-electron chi connectivity index (χ2n) is 3.39. The monoisotopic (exact) mass is 248 g/mol. The van der Waals surface area contributed by atoms with Crippen molar-refractivity contribution in [2.24, 2.45) is 0 Å². The van der Waals surface area contributed by atoms with E-state index < -0.39 is 5.97 Å². The molecule has 102 valence electrons. The molecule has 0 aromatic heterocycles. The van der Waals surface area contributed by atoms with Gasteiger partial charge in [-0.2, -0.15) is 0 Å². The highest BCUT2D eigenvalue weighted by atomic mass is 16.5. The number of ether oxygens (including phenoxy) is 2. The Labute approximate surface area is 103 Å². The minimum absolute atomic E-state index is 0.0922. The molecule has 0 saturated heterocycles. The quantitative estimate of drug-likeness (QED) is 0.477. The summed E-state index contributed by atoms with van der Waals surface area (Å²) in [5, 5.41) is 16.2. The van der Waals surface area contributed by atoms with Gasteiger partial charge in [0.1, 0.15) is 0 Å². The molecule has 0 aliphatic rings. The molecule has 0 radical (unpaired) electrons. The second kappa shape index (κ2) is 15.1. The maximum Gasteiger partial charge on any atom is 0.330 e. The number of hydrogen-bond acceptors (Lipinski definition) is 4. The van der Waals surface area contributed by atoms with E-state index in [-0.39, 0.29) is 12.2 Å². The van der Waals surface area contributed by atoms with Crippen molar-refractivity contribution in [1.29, 1.82) is 0 Å². The van der Waals surface area contributed by atoms with Gasteiger partial charge in [0.05, 0.1) is 26.4 Å². The maximum absolute atomic E-state index is 9.60. The third kappa shape index (κ3) is 21.0. The predicted octanol–water partition coefficient (Wildman–Crippen LogP) is 1.46. The van der Waals surface area contributed by atoms with E-state index in [9.17, 15) is 4.79 Å². The summed E-state index contributed by atoms with van der Waals surface area (Å²) in [5.74, 6) is -0.935. The van der Waals surface area contributed by atoms with Crippen LogP contribution < -0.4 is 0 Å². The number of carboxylic acid groups (broad SMARTS) is 1. The lowest BCUT2D eigenvalue weighted by molar-refractivity contribution is -0.132. The van der Waals surface area contributed by atoms with Crippen LogP contribution in [-0.2, 0) is 14.3 Å². The lowest BCUT2D eigenvalue weighted by Crippen LogP contribution is -2.07. The lowest BCUT2D eigenvalue weighted by Gasteiger charge is -2.02. The van der Waals surface area contributed by atoms with Gasteiger partial charge in [-0.15, -0.1) is 0 Å². The molecule has 0 bridgehead atoms. The molecule has 0 aromatic carbocycles. The first-order valence-corrected chi connectivity index (χ1v) is 5.71. The minimum atomic E-state index is -0.935. The maximum atomic E-state index is 9.60. The number of hydrogen-bond donors (Lipinski definition) is 2. The number of aliphatic carboxylic acids is 1. The van der Waals surface area contributed by atoms with Crippen LogP contribution in [0.1, 0.15) is 26.7 Å². The molecule has 0 rings (SSSR count). The molecule has 0 amide bonds. The molecular formula is C12H24O5. The van der Waals surface area contributed by atoms with Crippen molar-refractivity contribution >= 4 is 5.97 Å². The van der Waals surface area contributed by atoms with Crippen LogP contribution >= 0.6 is 0 Å². The van der Waals surface area contributed by atoms with E-state index in [1.54, 1.807) is 0 Å². The zero-order valence-electron chi connectivity index (χ0n) is 10.8. The van der Waals surface area contributed by atoms with Crippen molar-refractivity contribution < 1.29 is 24.5 Å². The third-order valence-electron chi connectivity index (χ3n) is 1.61. The van der Waals surface area contributed by atoms with Crippen LogP contribution in [0.25, 0.3) is 0 Å². The Balaban J connectivity index is 0. The van der Waals surface area contributed by atoms with Gasteiger partial charge in [0.15, 0.2) is 0 Å². The van der Waals surface area contributed by atoms with Crippen LogP contribution in [0.2, 0.25) is 0 Å². The number of aliphatic hydroxyl groups is 1. The average molecular weight is 248 g/mol. The standard InChI is InChI=1S/C8H18O3.C4H6O2/c1-2-3-5-10-7-8-11-6-4-9;1-3(2)4(5)6/h9H,2-8H2,1H3;1H2,2H3,(H,5,6). The fourth-order valence-electron chi connectivity index (χ4n) is 0.633. The molecule has 2 N–H and O–H groups in total. The van der Waals surface area contributed by atoms with Gasteiger partial charge in [-0.3, -0.25) is 0 Å². The molecule has 0 aliphatic carbocycles. The van der Waals surface area contributed by atoms with E-state index in [1.807, 2.05) is 0 Å². The van der Waals surface area contributed by atoms with E-state index in [4.69, 9.17) is 19.7 Å². The van der Waals surface area contributed by atoms with Crippen molar-refractivity contribution in [3.05, 3.63) is 12.2 Å². The number of carbonyl (C=O) groups is 1. The molecular weight excluding hydrogens is 224 g/mol. The molecule has 0 aromatic rings. The third-order valence-corrected chi connectivity index (χ3v) is 1.61. The number of rotatable bonds is 9. The average Bonchev–Trinajstić information content (AvgIpc) is 2.29. The largest absolute Gasteiger partial charge is 0.478 e. The van der Waals surface area contributed by atoms with E-state index in [0.29, 0.717) is 19.8 Å². The van der Waals surface area contributed by atoms with Crippen LogP contribution in [0.15, 0.2) is 12.2 Å². The Morgan fingerprint density at radius 1 is 1.18 bits per heavy atom. The van der Waals surface area contributed by atoms with E-state index in [0.717, 1.165) is 19.4 Å². The molecule has 0 saturated carbocycles. The first kappa shape index (κ1) is 18.5. The number of aliphatic hydroxyl groups excluding tert-OH is 1. The molecule has 5 nitrogen and oxygen atoms in total. The highest BCUT2D eigenvalue weighted by Gasteiger charge is 1.90. The molecule has 17 heavy (non-hydrogen) atoms. The Morgan fingerprint density at radius 3 is 2.00 bits per heavy atom. The summed E-state index contributed by atoms with van der Waals surface area (Å²) in [5.41, 5.74) is 0.176. The Bertz CT molecular complexity index is 171. The topological polar surface area (TPSA) is 76.0 Å². The smallest absolute Gasteiger partial charge is 0.330 e. The van der Waals surface area contributed by atoms with Gasteiger partial charge >= 0.3 is 5.97 Å². The van der Waals surface area contributed by atoms with E-state index >= 15 is 0 Å². The van der Waals surface area contributed by atoms with Crippen LogP contribution in [0.3, 0.4) is 0 Å². The summed E-state index contributed by atoms with van der Waals surface area (Å²) in [6.45, 7) is 9.28. The fraction of sp³-hybridized carbons (Fsp3) is 0.750. The van der Waals surface area contributed by atoms with Crippen LogP contribution in [0, 0.1) is 0 Å². The summed E-state index contributed by atoms with van der Waals surface area (Å²) in [6.07, 6.45) is 2.28. The molecule has 0 fully saturated rings. The molecule has 0 atom stereocenters. The van der Waals surface area contributed by atoms with Gasteiger partial charge in [0.2, 0.25) is 0 Å². The van der Waals surface area contributed by atoms with Gasteiger partial charge in [-0.05, 0) is 13.3 Å². The SMILES string of the molecule is C=C(C)C(=O)O.CCCCOCCOCCO. The van der Waals surface area contributed by atoms with Crippen molar-refractivity contribution in [3.8, 4) is 0 Å². The lowest BCUT2D eigenvalue weighted by atomic mass is 10.4. The van der Waals surface area contributed by atoms with Crippen molar-refractivity contribution in [1.82, 2.24) is 0 Å². The fourth-order valence-corrected chi connectivity index (χ4v) is 0.633. The van der Waals surface area contributed by atoms with Crippen LogP contribution in [0.5, 0.6) is 0 Å². The zero-order chi connectivity index (χ0) is 13.5. The van der Waals surface area contributed by atoms with Crippen LogP contribution in [0.4, 0.5) is 0 Å². The van der Waals surface area contributed by atoms with Gasteiger partial charge in [-0.1, -0.05) is 19.9 Å². The van der Waals surface area contributed by atoms with Gasteiger partial charge < -0.3 is 19.7 Å². The Hall–Kier alpha value is -0.910. The number of unbranched alkanes of at least 4 members (excludes halogenated alkanes) is 1. The zero-order valence-corrected chi connectivity index (χ0v) is 10.8. The second-order valence-corrected chi connectivity index (χ2v) is 3.39. The van der Waals surface area contributed by atoms with Crippen LogP contribution in [-0.4, -0.2) is 49.2 Å². The summed E-state index contributed by atoms with van der Waals surface area (Å²) in [4.78, 5) is 9.60. The van der Waals surface area contributed by atoms with Crippen molar-refractivity contribution in [3.63, 3.8) is 0 Å². The molecule has 0 aliphatic heterocycles. The first-order chi connectivity index (χ1) is 8.06. The van der Waals surface area contributed by atoms with E-state index in [2.05, 4.69) is 13.5 Å². The molecule has 0 unspecified atom stereocenters. The number of carboxylic acids is 1. The van der Waals surface area contributed by atoms with E-state index in [1.165, 1.54) is 6.92 Å². The summed E-state index contributed by atoms with van der Waals surface area (Å²) >= 11 is 0. The summed E-state index contributed by atoms with van der Waals surface area (Å²) in [6, 6.07) is 0. The summed E-state index contributed by atoms with van der Waals surface area (Å²) in [7, 11) is 0. The normalized spacial score (nSPS) is 9.35. The van der Waals surface area contributed by atoms with Crippen molar-refractivity contribution in [2.75, 3.05) is 33.0 Å². The minimum Gasteiger partial charge on any atom is -0.478 e. The Morgan fingerprint density at radius 2 is 1.65 bits per heavy atom. The molecule has 0 heterocycles. The highest BCUT2D eigenvalue weighted by Crippen LogP contribution is 1.87. The summed E-state index contributed by atoms with van der Waals surface area (Å²) < 4.78 is 10.2. The Kier molecular flexibility index (Phi) is 16.4. The van der Waals surface area contributed by atoms with Gasteiger partial charge in [0, 0.05) is 12.2 Å². The van der Waals surface area contributed by atoms with Gasteiger partial charge in [0.25, 0.3) is 0 Å². The molecule has 5 heteroatoms. The first-order valence-electron chi connectivity index (χ1n) is 5.71. The predicted molar refractivity (Wildman–Crippen MR) is 66.1 cm³/mol. The van der Waals surface area contributed by atoms with Gasteiger partial charge in [-0.25, -0.2) is 4.79 Å². The highest BCUT2D eigenvalue weighted by molar-refractivity contribution is 5.84. The molecule has 0 spiro atoms. The van der Waals surface area contributed by atoms with Crippen molar-refractivity contribution in [2.45, 2.75) is 26.7 Å².